The van der Waals surface area contributed by atoms with E-state index in [1.165, 1.54) is 25.7 Å². The van der Waals surface area contributed by atoms with Gasteiger partial charge in [-0.1, -0.05) is 19.8 Å². The van der Waals surface area contributed by atoms with Crippen LogP contribution in [0.1, 0.15) is 43.7 Å². The summed E-state index contributed by atoms with van der Waals surface area (Å²) in [6.45, 7) is 4.49. The molecule has 1 heterocycles. The first-order chi connectivity index (χ1) is 8.63. The normalized spacial score (nSPS) is 24.0. The largest absolute Gasteiger partial charge is 0.392 e. The van der Waals surface area contributed by atoms with Gasteiger partial charge in [0, 0.05) is 19.3 Å². The van der Waals surface area contributed by atoms with Gasteiger partial charge in [0.05, 0.1) is 6.61 Å². The van der Waals surface area contributed by atoms with Crippen molar-refractivity contribution >= 4 is 5.82 Å². The summed E-state index contributed by atoms with van der Waals surface area (Å²) in [7, 11) is 2.15. The second-order valence-electron chi connectivity index (χ2n) is 5.58. The van der Waals surface area contributed by atoms with Crippen molar-refractivity contribution in [2.24, 2.45) is 5.92 Å². The molecule has 18 heavy (non-hydrogen) atoms. The fourth-order valence-corrected chi connectivity index (χ4v) is 3.11. The number of pyridine rings is 1. The van der Waals surface area contributed by atoms with Crippen molar-refractivity contribution in [2.75, 3.05) is 11.9 Å². The van der Waals surface area contributed by atoms with Crippen LogP contribution >= 0.6 is 0 Å². The van der Waals surface area contributed by atoms with Gasteiger partial charge in [0.15, 0.2) is 0 Å². The zero-order valence-electron chi connectivity index (χ0n) is 11.7. The highest BCUT2D eigenvalue weighted by molar-refractivity contribution is 5.47. The number of nitrogens with zero attached hydrogens (tertiary/aromatic N) is 2. The molecule has 0 aliphatic heterocycles. The maximum absolute atomic E-state index is 9.13. The van der Waals surface area contributed by atoms with Gasteiger partial charge in [-0.25, -0.2) is 4.98 Å². The third kappa shape index (κ3) is 2.66. The molecule has 0 spiro atoms. The van der Waals surface area contributed by atoms with Crippen LogP contribution in [0, 0.1) is 12.8 Å². The molecule has 1 aromatic heterocycles. The number of hydrogen-bond donors (Lipinski definition) is 1. The maximum atomic E-state index is 9.13. The van der Waals surface area contributed by atoms with Gasteiger partial charge in [-0.05, 0) is 42.9 Å². The van der Waals surface area contributed by atoms with Gasteiger partial charge in [-0.3, -0.25) is 0 Å². The van der Waals surface area contributed by atoms with Crippen LogP contribution in [0.2, 0.25) is 0 Å². The molecular formula is C15H24N2O. The Balaban J connectivity index is 2.19. The number of aliphatic hydroxyl groups excluding tert-OH is 1. The molecule has 100 valence electrons. The first-order valence-corrected chi connectivity index (χ1v) is 6.92. The van der Waals surface area contributed by atoms with Gasteiger partial charge in [0.25, 0.3) is 0 Å². The highest BCUT2D eigenvalue weighted by Gasteiger charge is 2.26. The molecule has 0 saturated heterocycles. The van der Waals surface area contributed by atoms with E-state index in [-0.39, 0.29) is 6.61 Å². The maximum Gasteiger partial charge on any atom is 0.131 e. The van der Waals surface area contributed by atoms with Crippen LogP contribution in [0.25, 0.3) is 0 Å². The lowest BCUT2D eigenvalue weighted by atomic mass is 9.85. The average molecular weight is 248 g/mol. The fourth-order valence-electron chi connectivity index (χ4n) is 3.11. The molecule has 3 nitrogen and oxygen atoms in total. The molecule has 1 aliphatic rings. The Bertz CT molecular complexity index is 405. The molecule has 1 aromatic rings. The average Bonchev–Trinajstić information content (AvgIpc) is 2.38. The number of aryl methyl sites for hydroxylation is 1. The third-order valence-electron chi connectivity index (χ3n) is 4.19. The van der Waals surface area contributed by atoms with E-state index >= 15 is 0 Å². The Morgan fingerprint density at radius 3 is 2.72 bits per heavy atom. The fraction of sp³-hybridized carbons (Fsp3) is 0.667. The summed E-state index contributed by atoms with van der Waals surface area (Å²) in [5.74, 6) is 1.80. The standard InChI is InChI=1S/C15H24N2O/c1-11-6-4-5-7-14(11)17(3)15-12(2)8-13(10-18)9-16-15/h8-9,11,14,18H,4-7,10H2,1-3H3. The van der Waals surface area contributed by atoms with Crippen LogP contribution in [0.5, 0.6) is 0 Å². The lowest BCUT2D eigenvalue weighted by molar-refractivity contribution is 0.281. The Morgan fingerprint density at radius 2 is 2.11 bits per heavy atom. The minimum absolute atomic E-state index is 0.0671. The van der Waals surface area contributed by atoms with Gasteiger partial charge in [-0.15, -0.1) is 0 Å². The summed E-state index contributed by atoms with van der Waals surface area (Å²) in [4.78, 5) is 6.86. The molecule has 1 aliphatic carbocycles. The SMILES string of the molecule is Cc1cc(CO)cnc1N(C)C1CCCCC1C. The van der Waals surface area contributed by atoms with E-state index in [4.69, 9.17) is 5.11 Å². The number of hydrogen-bond acceptors (Lipinski definition) is 3. The molecule has 1 fully saturated rings. The van der Waals surface area contributed by atoms with Crippen LogP contribution in [0.3, 0.4) is 0 Å². The summed E-state index contributed by atoms with van der Waals surface area (Å²) in [5, 5.41) is 9.13. The zero-order valence-corrected chi connectivity index (χ0v) is 11.7. The van der Waals surface area contributed by atoms with Crippen LogP contribution in [0.15, 0.2) is 12.3 Å². The smallest absolute Gasteiger partial charge is 0.131 e. The van der Waals surface area contributed by atoms with E-state index in [0.29, 0.717) is 6.04 Å². The van der Waals surface area contributed by atoms with Crippen LogP contribution in [-0.2, 0) is 6.61 Å². The minimum Gasteiger partial charge on any atom is -0.392 e. The van der Waals surface area contributed by atoms with Gasteiger partial charge < -0.3 is 10.0 Å². The van der Waals surface area contributed by atoms with Crippen molar-refractivity contribution in [2.45, 2.75) is 52.2 Å². The predicted molar refractivity (Wildman–Crippen MR) is 74.7 cm³/mol. The zero-order chi connectivity index (χ0) is 13.1. The van der Waals surface area contributed by atoms with Gasteiger partial charge >= 0.3 is 0 Å². The molecular weight excluding hydrogens is 224 g/mol. The molecule has 2 rings (SSSR count). The van der Waals surface area contributed by atoms with E-state index in [0.717, 1.165) is 22.9 Å². The highest BCUT2D eigenvalue weighted by atomic mass is 16.3. The van der Waals surface area contributed by atoms with Crippen LogP contribution in [0.4, 0.5) is 5.82 Å². The van der Waals surface area contributed by atoms with Gasteiger partial charge in [0.2, 0.25) is 0 Å². The Labute approximate surface area is 110 Å². The predicted octanol–water partition coefficient (Wildman–Crippen LogP) is 2.90. The summed E-state index contributed by atoms with van der Waals surface area (Å²) in [5.41, 5.74) is 2.04. The first kappa shape index (κ1) is 13.3. The quantitative estimate of drug-likeness (QED) is 0.893. The Morgan fingerprint density at radius 1 is 1.39 bits per heavy atom. The Kier molecular flexibility index (Phi) is 4.23. The second-order valence-corrected chi connectivity index (χ2v) is 5.58. The summed E-state index contributed by atoms with van der Waals surface area (Å²) in [6, 6.07) is 2.64. The van der Waals surface area contributed by atoms with Crippen LogP contribution in [-0.4, -0.2) is 23.2 Å². The second kappa shape index (κ2) is 5.70. The monoisotopic (exact) mass is 248 g/mol. The summed E-state index contributed by atoms with van der Waals surface area (Å²) < 4.78 is 0. The topological polar surface area (TPSA) is 36.4 Å². The van der Waals surface area contributed by atoms with E-state index in [2.05, 4.69) is 30.8 Å². The molecule has 0 radical (unpaired) electrons. The lowest BCUT2D eigenvalue weighted by Gasteiger charge is -2.37. The molecule has 1 N–H and O–H groups in total. The molecule has 0 bridgehead atoms. The number of anilines is 1. The van der Waals surface area contributed by atoms with Crippen molar-refractivity contribution in [3.8, 4) is 0 Å². The van der Waals surface area contributed by atoms with E-state index in [1.807, 2.05) is 6.07 Å². The molecule has 2 unspecified atom stereocenters. The van der Waals surface area contributed by atoms with E-state index in [1.54, 1.807) is 6.20 Å². The lowest BCUT2D eigenvalue weighted by Crippen LogP contribution is -2.39. The van der Waals surface area contributed by atoms with E-state index in [9.17, 15) is 0 Å². The van der Waals surface area contributed by atoms with Crippen LogP contribution < -0.4 is 4.90 Å². The third-order valence-corrected chi connectivity index (χ3v) is 4.19. The van der Waals surface area contributed by atoms with E-state index < -0.39 is 0 Å². The summed E-state index contributed by atoms with van der Waals surface area (Å²) in [6.07, 6.45) is 7.06. The van der Waals surface area contributed by atoms with Gasteiger partial charge in [0.1, 0.15) is 5.82 Å². The first-order valence-electron chi connectivity index (χ1n) is 6.92. The summed E-state index contributed by atoms with van der Waals surface area (Å²) >= 11 is 0. The molecule has 0 aromatic carbocycles. The molecule has 3 heteroatoms. The minimum atomic E-state index is 0.0671. The number of aliphatic hydroxyl groups is 1. The highest BCUT2D eigenvalue weighted by Crippen LogP contribution is 2.30. The van der Waals surface area contributed by atoms with Gasteiger partial charge in [-0.2, -0.15) is 0 Å². The van der Waals surface area contributed by atoms with Crippen molar-refractivity contribution in [3.05, 3.63) is 23.4 Å². The molecule has 0 amide bonds. The molecule has 1 saturated carbocycles. The molecule has 2 atom stereocenters. The number of rotatable bonds is 3. The van der Waals surface area contributed by atoms with Crippen molar-refractivity contribution in [3.63, 3.8) is 0 Å². The number of aromatic nitrogens is 1. The Hall–Kier alpha value is -1.09. The van der Waals surface area contributed by atoms with Crippen molar-refractivity contribution < 1.29 is 5.11 Å². The van der Waals surface area contributed by atoms with Crippen molar-refractivity contribution in [1.82, 2.24) is 4.98 Å². The van der Waals surface area contributed by atoms with Crippen molar-refractivity contribution in [1.29, 1.82) is 0 Å².